The van der Waals surface area contributed by atoms with Crippen LogP contribution in [0.3, 0.4) is 0 Å². The van der Waals surface area contributed by atoms with Gasteiger partial charge in [-0.2, -0.15) is 0 Å². The SMILES string of the molecule is O=C1CCc2ccccc2N1CCCCN1CCC(c2c[nH]c3ccc(Cl)cc23)CC1. The van der Waals surface area contributed by atoms with E-state index < -0.39 is 0 Å². The molecule has 2 aliphatic heterocycles. The second-order valence-electron chi connectivity index (χ2n) is 8.93. The minimum Gasteiger partial charge on any atom is -0.361 e. The Bertz CT molecular complexity index is 1070. The van der Waals surface area contributed by atoms with Crippen LogP contribution in [0.1, 0.15) is 49.1 Å². The molecule has 1 amide bonds. The lowest BCUT2D eigenvalue weighted by Gasteiger charge is -2.32. The van der Waals surface area contributed by atoms with E-state index in [1.54, 1.807) is 0 Å². The van der Waals surface area contributed by atoms with Gasteiger partial charge in [0.05, 0.1) is 0 Å². The van der Waals surface area contributed by atoms with E-state index in [0.717, 1.165) is 56.2 Å². The van der Waals surface area contributed by atoms with Crippen LogP contribution in [0.25, 0.3) is 10.9 Å². The van der Waals surface area contributed by atoms with E-state index in [1.165, 1.54) is 34.9 Å². The minimum absolute atomic E-state index is 0.276. The van der Waals surface area contributed by atoms with Crippen LogP contribution < -0.4 is 4.90 Å². The zero-order chi connectivity index (χ0) is 21.2. The summed E-state index contributed by atoms with van der Waals surface area (Å²) in [6.07, 6.45) is 8.27. The number of carbonyl (C=O) groups is 1. The van der Waals surface area contributed by atoms with Crippen LogP contribution in [0.4, 0.5) is 5.69 Å². The van der Waals surface area contributed by atoms with Crippen molar-refractivity contribution < 1.29 is 4.79 Å². The Balaban J connectivity index is 1.10. The van der Waals surface area contributed by atoms with E-state index in [9.17, 15) is 4.79 Å². The third kappa shape index (κ3) is 4.37. The Morgan fingerprint density at radius 3 is 2.68 bits per heavy atom. The van der Waals surface area contributed by atoms with E-state index in [4.69, 9.17) is 11.6 Å². The predicted octanol–water partition coefficient (Wildman–Crippen LogP) is 5.76. The van der Waals surface area contributed by atoms with E-state index in [0.29, 0.717) is 12.3 Å². The minimum atomic E-state index is 0.276. The molecular weight excluding hydrogens is 406 g/mol. The number of benzene rings is 2. The number of aromatic nitrogens is 1. The standard InChI is InChI=1S/C26H30ClN3O/c27-21-8-9-24-22(17-21)23(18-28-24)19-11-15-29(16-12-19)13-3-4-14-30-25-6-2-1-5-20(25)7-10-26(30)31/h1-2,5-6,8-9,17-19,28H,3-4,7,10-16H2. The zero-order valence-electron chi connectivity index (χ0n) is 17.9. The van der Waals surface area contributed by atoms with Crippen molar-refractivity contribution in [2.45, 2.75) is 44.4 Å². The van der Waals surface area contributed by atoms with E-state index >= 15 is 0 Å². The zero-order valence-corrected chi connectivity index (χ0v) is 18.7. The molecule has 31 heavy (non-hydrogen) atoms. The molecule has 0 atom stereocenters. The monoisotopic (exact) mass is 435 g/mol. The van der Waals surface area contributed by atoms with Crippen LogP contribution in [0.2, 0.25) is 5.02 Å². The molecule has 162 valence electrons. The van der Waals surface area contributed by atoms with Crippen LogP contribution in [0, 0.1) is 0 Å². The first-order chi connectivity index (χ1) is 15.2. The number of hydrogen-bond acceptors (Lipinski definition) is 2. The highest BCUT2D eigenvalue weighted by Gasteiger charge is 2.24. The predicted molar refractivity (Wildman–Crippen MR) is 128 cm³/mol. The molecule has 1 aromatic heterocycles. The second kappa shape index (κ2) is 9.05. The number of H-pyrrole nitrogens is 1. The van der Waals surface area contributed by atoms with Crippen molar-refractivity contribution in [3.8, 4) is 0 Å². The number of nitrogens with zero attached hydrogens (tertiary/aromatic N) is 2. The van der Waals surface area contributed by atoms with Gasteiger partial charge in [0.25, 0.3) is 0 Å². The topological polar surface area (TPSA) is 39.3 Å². The molecule has 0 spiro atoms. The lowest BCUT2D eigenvalue weighted by molar-refractivity contribution is -0.118. The molecule has 5 rings (SSSR count). The lowest BCUT2D eigenvalue weighted by atomic mass is 9.89. The Morgan fingerprint density at radius 2 is 1.81 bits per heavy atom. The summed E-state index contributed by atoms with van der Waals surface area (Å²) in [6, 6.07) is 14.5. The lowest BCUT2D eigenvalue weighted by Crippen LogP contribution is -2.37. The van der Waals surface area contributed by atoms with Crippen molar-refractivity contribution in [2.75, 3.05) is 31.1 Å². The number of nitrogens with one attached hydrogen (secondary N) is 1. The number of unbranched alkanes of at least 4 members (excludes halogenated alkanes) is 1. The molecule has 1 N–H and O–H groups in total. The molecule has 0 saturated carbocycles. The van der Waals surface area contributed by atoms with Crippen LogP contribution >= 0.6 is 11.6 Å². The van der Waals surface area contributed by atoms with Gasteiger partial charge >= 0.3 is 0 Å². The Hall–Kier alpha value is -2.30. The molecule has 1 saturated heterocycles. The van der Waals surface area contributed by atoms with Gasteiger partial charge < -0.3 is 14.8 Å². The Labute approximate surface area is 189 Å². The number of amides is 1. The fourth-order valence-electron chi connectivity index (χ4n) is 5.27. The molecule has 3 aromatic rings. The molecule has 3 heterocycles. The Kier molecular flexibility index (Phi) is 6.02. The van der Waals surface area contributed by atoms with Crippen LogP contribution in [0.5, 0.6) is 0 Å². The number of fused-ring (bicyclic) bond motifs is 2. The van der Waals surface area contributed by atoms with Crippen molar-refractivity contribution in [2.24, 2.45) is 0 Å². The average Bonchev–Trinajstić information content (AvgIpc) is 3.21. The van der Waals surface area contributed by atoms with Crippen molar-refractivity contribution >= 4 is 34.1 Å². The summed E-state index contributed by atoms with van der Waals surface area (Å²) in [5.74, 6) is 0.879. The van der Waals surface area contributed by atoms with E-state index in [-0.39, 0.29) is 5.91 Å². The van der Waals surface area contributed by atoms with Crippen LogP contribution in [-0.2, 0) is 11.2 Å². The van der Waals surface area contributed by atoms with Gasteiger partial charge in [-0.3, -0.25) is 4.79 Å². The summed E-state index contributed by atoms with van der Waals surface area (Å²) in [5, 5.41) is 2.08. The number of carbonyl (C=O) groups excluding carboxylic acids is 1. The van der Waals surface area contributed by atoms with Crippen molar-refractivity contribution in [3.63, 3.8) is 0 Å². The summed E-state index contributed by atoms with van der Waals surface area (Å²) in [7, 11) is 0. The van der Waals surface area contributed by atoms with Crippen LogP contribution in [0.15, 0.2) is 48.7 Å². The third-order valence-electron chi connectivity index (χ3n) is 7.00. The van der Waals surface area contributed by atoms with Gasteiger partial charge in [-0.05, 0) is 93.0 Å². The number of rotatable bonds is 6. The van der Waals surface area contributed by atoms with E-state index in [2.05, 4.69) is 46.4 Å². The van der Waals surface area contributed by atoms with E-state index in [1.807, 2.05) is 17.0 Å². The highest BCUT2D eigenvalue weighted by Crippen LogP contribution is 2.34. The van der Waals surface area contributed by atoms with Crippen molar-refractivity contribution in [1.82, 2.24) is 9.88 Å². The molecule has 0 radical (unpaired) electrons. The van der Waals surface area contributed by atoms with Crippen LogP contribution in [-0.4, -0.2) is 42.0 Å². The molecule has 0 unspecified atom stereocenters. The number of likely N-dealkylation sites (tertiary alicyclic amines) is 1. The molecule has 5 heteroatoms. The maximum atomic E-state index is 12.4. The quantitative estimate of drug-likeness (QED) is 0.500. The third-order valence-corrected chi connectivity index (χ3v) is 7.24. The highest BCUT2D eigenvalue weighted by molar-refractivity contribution is 6.31. The molecule has 0 aliphatic carbocycles. The highest BCUT2D eigenvalue weighted by atomic mass is 35.5. The molecule has 1 fully saturated rings. The maximum Gasteiger partial charge on any atom is 0.227 e. The Morgan fingerprint density at radius 1 is 1.00 bits per heavy atom. The molecule has 2 aliphatic rings. The first-order valence-electron chi connectivity index (χ1n) is 11.6. The normalized spacial score (nSPS) is 18.0. The summed E-state index contributed by atoms with van der Waals surface area (Å²) in [6.45, 7) is 4.24. The molecule has 2 aromatic carbocycles. The van der Waals surface area contributed by atoms with Gasteiger partial charge in [0.2, 0.25) is 5.91 Å². The fourth-order valence-corrected chi connectivity index (χ4v) is 5.44. The first kappa shape index (κ1) is 20.6. The molecule has 4 nitrogen and oxygen atoms in total. The van der Waals surface area contributed by atoms with Crippen molar-refractivity contribution in [3.05, 3.63) is 64.8 Å². The number of piperidine rings is 1. The largest absolute Gasteiger partial charge is 0.361 e. The number of hydrogen-bond donors (Lipinski definition) is 1. The molecular formula is C26H30ClN3O. The summed E-state index contributed by atoms with van der Waals surface area (Å²) < 4.78 is 0. The number of para-hydroxylation sites is 1. The second-order valence-corrected chi connectivity index (χ2v) is 9.37. The summed E-state index contributed by atoms with van der Waals surface area (Å²) in [4.78, 5) is 20.4. The van der Waals surface area contributed by atoms with Gasteiger partial charge in [-0.15, -0.1) is 0 Å². The van der Waals surface area contributed by atoms with Gasteiger partial charge in [-0.1, -0.05) is 29.8 Å². The fraction of sp³-hybridized carbons (Fsp3) is 0.423. The molecule has 0 bridgehead atoms. The van der Waals surface area contributed by atoms with Gasteiger partial charge in [0.1, 0.15) is 0 Å². The first-order valence-corrected chi connectivity index (χ1v) is 11.9. The number of anilines is 1. The van der Waals surface area contributed by atoms with Gasteiger partial charge in [0.15, 0.2) is 0 Å². The summed E-state index contributed by atoms with van der Waals surface area (Å²) >= 11 is 6.23. The number of aromatic amines is 1. The van der Waals surface area contributed by atoms with Crippen molar-refractivity contribution in [1.29, 1.82) is 0 Å². The number of halogens is 1. The average molecular weight is 436 g/mol. The van der Waals surface area contributed by atoms with Gasteiger partial charge in [0, 0.05) is 40.8 Å². The van der Waals surface area contributed by atoms with Gasteiger partial charge in [-0.25, -0.2) is 0 Å². The maximum absolute atomic E-state index is 12.4. The summed E-state index contributed by atoms with van der Waals surface area (Å²) in [5.41, 5.74) is 5.02. The smallest absolute Gasteiger partial charge is 0.227 e. The number of aryl methyl sites for hydroxylation is 1.